The van der Waals surface area contributed by atoms with Gasteiger partial charge in [-0.05, 0) is 17.2 Å². The van der Waals surface area contributed by atoms with Crippen molar-refractivity contribution in [3.05, 3.63) is 48.3 Å². The summed E-state index contributed by atoms with van der Waals surface area (Å²) < 4.78 is 0. The van der Waals surface area contributed by atoms with E-state index in [9.17, 15) is 5.11 Å². The second kappa shape index (κ2) is 6.03. The van der Waals surface area contributed by atoms with E-state index in [0.29, 0.717) is 0 Å². The summed E-state index contributed by atoms with van der Waals surface area (Å²) in [4.78, 5) is 6.52. The molecular weight excluding hydrogens is 250 g/mol. The predicted octanol–water partition coefficient (Wildman–Crippen LogP) is 1.86. The molecule has 1 fully saturated rings. The van der Waals surface area contributed by atoms with E-state index in [1.165, 1.54) is 11.8 Å². The Kier molecular flexibility index (Phi) is 3.95. The van der Waals surface area contributed by atoms with Crippen molar-refractivity contribution in [2.75, 3.05) is 26.2 Å². The Balaban J connectivity index is 1.87. The fraction of sp³-hybridized carbons (Fsp3) is 0.312. The van der Waals surface area contributed by atoms with Crippen molar-refractivity contribution in [3.8, 4) is 16.9 Å². The Bertz CT molecular complexity index is 579. The SMILES string of the molecule is Oc1cncc(-c2ccccc2CN2CCNCC2)c1. The van der Waals surface area contributed by atoms with Gasteiger partial charge in [0.2, 0.25) is 0 Å². The molecule has 0 saturated carbocycles. The fourth-order valence-corrected chi connectivity index (χ4v) is 2.63. The summed E-state index contributed by atoms with van der Waals surface area (Å²) in [7, 11) is 0. The van der Waals surface area contributed by atoms with E-state index in [-0.39, 0.29) is 5.75 Å². The minimum Gasteiger partial charge on any atom is -0.506 e. The monoisotopic (exact) mass is 269 g/mol. The van der Waals surface area contributed by atoms with Gasteiger partial charge in [-0.1, -0.05) is 24.3 Å². The molecule has 2 N–H and O–H groups in total. The maximum Gasteiger partial charge on any atom is 0.134 e. The highest BCUT2D eigenvalue weighted by Crippen LogP contribution is 2.26. The van der Waals surface area contributed by atoms with Crippen molar-refractivity contribution in [1.29, 1.82) is 0 Å². The lowest BCUT2D eigenvalue weighted by molar-refractivity contribution is 0.233. The molecular formula is C16H19N3O. The average Bonchev–Trinajstić information content (AvgIpc) is 2.49. The molecule has 0 spiro atoms. The van der Waals surface area contributed by atoms with Gasteiger partial charge in [0, 0.05) is 44.5 Å². The van der Waals surface area contributed by atoms with Crippen LogP contribution < -0.4 is 5.32 Å². The summed E-state index contributed by atoms with van der Waals surface area (Å²) in [5.74, 6) is 0.208. The molecule has 1 aliphatic rings. The minimum absolute atomic E-state index is 0.208. The smallest absolute Gasteiger partial charge is 0.134 e. The molecule has 104 valence electrons. The minimum atomic E-state index is 0.208. The number of rotatable bonds is 3. The Labute approximate surface area is 119 Å². The molecule has 0 aliphatic carbocycles. The van der Waals surface area contributed by atoms with Crippen LogP contribution in [0.4, 0.5) is 0 Å². The summed E-state index contributed by atoms with van der Waals surface area (Å²) in [5, 5.41) is 13.0. The molecule has 2 heterocycles. The average molecular weight is 269 g/mol. The first-order valence-electron chi connectivity index (χ1n) is 6.98. The first-order valence-corrected chi connectivity index (χ1v) is 6.98. The molecule has 1 aliphatic heterocycles. The third kappa shape index (κ3) is 2.98. The molecule has 0 radical (unpaired) electrons. The lowest BCUT2D eigenvalue weighted by atomic mass is 10.0. The molecule has 4 heteroatoms. The van der Waals surface area contributed by atoms with Crippen LogP contribution in [0.15, 0.2) is 42.7 Å². The lowest BCUT2D eigenvalue weighted by Crippen LogP contribution is -2.42. The Morgan fingerprint density at radius 1 is 1.15 bits per heavy atom. The second-order valence-electron chi connectivity index (χ2n) is 5.12. The molecule has 3 rings (SSSR count). The molecule has 20 heavy (non-hydrogen) atoms. The van der Waals surface area contributed by atoms with Crippen LogP contribution in [0.5, 0.6) is 5.75 Å². The van der Waals surface area contributed by atoms with E-state index in [1.54, 1.807) is 12.3 Å². The van der Waals surface area contributed by atoms with Gasteiger partial charge < -0.3 is 10.4 Å². The van der Waals surface area contributed by atoms with Crippen LogP contribution in [0.2, 0.25) is 0 Å². The number of nitrogens with one attached hydrogen (secondary N) is 1. The van der Waals surface area contributed by atoms with Crippen LogP contribution in [-0.4, -0.2) is 41.2 Å². The predicted molar refractivity (Wildman–Crippen MR) is 79.5 cm³/mol. The third-order valence-corrected chi connectivity index (χ3v) is 3.66. The Hall–Kier alpha value is -1.91. The fourth-order valence-electron chi connectivity index (χ4n) is 2.63. The van der Waals surface area contributed by atoms with E-state index in [1.807, 2.05) is 6.07 Å². The molecule has 2 aromatic rings. The zero-order valence-corrected chi connectivity index (χ0v) is 11.4. The highest BCUT2D eigenvalue weighted by Gasteiger charge is 2.13. The number of aromatic nitrogens is 1. The third-order valence-electron chi connectivity index (χ3n) is 3.66. The quantitative estimate of drug-likeness (QED) is 0.893. The Morgan fingerprint density at radius 3 is 2.75 bits per heavy atom. The van der Waals surface area contributed by atoms with E-state index in [0.717, 1.165) is 43.9 Å². The summed E-state index contributed by atoms with van der Waals surface area (Å²) in [6, 6.07) is 10.1. The van der Waals surface area contributed by atoms with Gasteiger partial charge in [-0.3, -0.25) is 9.88 Å². The first-order chi connectivity index (χ1) is 9.83. The molecule has 0 bridgehead atoms. The van der Waals surface area contributed by atoms with Gasteiger partial charge >= 0.3 is 0 Å². The number of piperazine rings is 1. The van der Waals surface area contributed by atoms with Crippen molar-refractivity contribution in [2.24, 2.45) is 0 Å². The van der Waals surface area contributed by atoms with E-state index >= 15 is 0 Å². The number of hydrogen-bond donors (Lipinski definition) is 2. The van der Waals surface area contributed by atoms with Crippen LogP contribution in [-0.2, 0) is 6.54 Å². The van der Waals surface area contributed by atoms with E-state index in [2.05, 4.69) is 33.4 Å². The van der Waals surface area contributed by atoms with Crippen molar-refractivity contribution in [3.63, 3.8) is 0 Å². The van der Waals surface area contributed by atoms with Crippen LogP contribution >= 0.6 is 0 Å². The number of nitrogens with zero attached hydrogens (tertiary/aromatic N) is 2. The van der Waals surface area contributed by atoms with Gasteiger partial charge in [0.1, 0.15) is 5.75 Å². The van der Waals surface area contributed by atoms with Crippen LogP contribution in [0, 0.1) is 0 Å². The normalized spacial score (nSPS) is 16.2. The second-order valence-corrected chi connectivity index (χ2v) is 5.12. The zero-order chi connectivity index (χ0) is 13.8. The molecule has 0 atom stereocenters. The van der Waals surface area contributed by atoms with Gasteiger partial charge in [0.15, 0.2) is 0 Å². The van der Waals surface area contributed by atoms with Crippen molar-refractivity contribution < 1.29 is 5.11 Å². The van der Waals surface area contributed by atoms with Gasteiger partial charge in [-0.25, -0.2) is 0 Å². The van der Waals surface area contributed by atoms with Gasteiger partial charge in [-0.15, -0.1) is 0 Å². The zero-order valence-electron chi connectivity index (χ0n) is 11.4. The highest BCUT2D eigenvalue weighted by atomic mass is 16.3. The van der Waals surface area contributed by atoms with Crippen LogP contribution in [0.3, 0.4) is 0 Å². The maximum absolute atomic E-state index is 9.61. The summed E-state index contributed by atoms with van der Waals surface area (Å²) in [6.07, 6.45) is 3.26. The largest absolute Gasteiger partial charge is 0.506 e. The number of aromatic hydroxyl groups is 1. The van der Waals surface area contributed by atoms with Crippen molar-refractivity contribution >= 4 is 0 Å². The van der Waals surface area contributed by atoms with E-state index in [4.69, 9.17) is 0 Å². The molecule has 4 nitrogen and oxygen atoms in total. The van der Waals surface area contributed by atoms with Gasteiger partial charge in [0.25, 0.3) is 0 Å². The lowest BCUT2D eigenvalue weighted by Gasteiger charge is -2.28. The molecule has 1 aromatic carbocycles. The Morgan fingerprint density at radius 2 is 1.95 bits per heavy atom. The summed E-state index contributed by atoms with van der Waals surface area (Å²) >= 11 is 0. The topological polar surface area (TPSA) is 48.4 Å². The molecule has 1 saturated heterocycles. The van der Waals surface area contributed by atoms with Gasteiger partial charge in [0.05, 0.1) is 6.20 Å². The molecule has 1 aromatic heterocycles. The number of hydrogen-bond acceptors (Lipinski definition) is 4. The van der Waals surface area contributed by atoms with Crippen LogP contribution in [0.1, 0.15) is 5.56 Å². The standard InChI is InChI=1S/C16H19N3O/c20-15-9-14(10-18-11-15)16-4-2-1-3-13(16)12-19-7-5-17-6-8-19/h1-4,9-11,17,20H,5-8,12H2. The molecule has 0 unspecified atom stereocenters. The van der Waals surface area contributed by atoms with Crippen LogP contribution in [0.25, 0.3) is 11.1 Å². The number of pyridine rings is 1. The molecule has 0 amide bonds. The maximum atomic E-state index is 9.61. The highest BCUT2D eigenvalue weighted by molar-refractivity contribution is 5.67. The first kappa shape index (κ1) is 13.1. The van der Waals surface area contributed by atoms with E-state index < -0.39 is 0 Å². The number of benzene rings is 1. The van der Waals surface area contributed by atoms with Gasteiger partial charge in [-0.2, -0.15) is 0 Å². The summed E-state index contributed by atoms with van der Waals surface area (Å²) in [5.41, 5.74) is 3.40. The van der Waals surface area contributed by atoms with Crippen molar-refractivity contribution in [2.45, 2.75) is 6.54 Å². The summed E-state index contributed by atoms with van der Waals surface area (Å²) in [6.45, 7) is 5.19. The van der Waals surface area contributed by atoms with Crippen molar-refractivity contribution in [1.82, 2.24) is 15.2 Å².